The van der Waals surface area contributed by atoms with Crippen molar-refractivity contribution in [2.45, 2.75) is 65.1 Å². The first-order valence-corrected chi connectivity index (χ1v) is 7.59. The molecule has 0 aromatic heterocycles. The first kappa shape index (κ1) is 15.9. The molecule has 18 heavy (non-hydrogen) atoms. The van der Waals surface area contributed by atoms with Crippen molar-refractivity contribution in [1.82, 2.24) is 10.2 Å². The van der Waals surface area contributed by atoms with Gasteiger partial charge in [-0.15, -0.1) is 0 Å². The van der Waals surface area contributed by atoms with Crippen LogP contribution in [0, 0.1) is 5.92 Å². The third-order valence-corrected chi connectivity index (χ3v) is 4.45. The molecule has 0 bridgehead atoms. The number of rotatable bonds is 7. The van der Waals surface area contributed by atoms with E-state index in [9.17, 15) is 0 Å². The normalized spacial score (nSPS) is 29.2. The van der Waals surface area contributed by atoms with E-state index in [0.717, 1.165) is 13.1 Å². The highest BCUT2D eigenvalue weighted by molar-refractivity contribution is 4.85. The van der Waals surface area contributed by atoms with Crippen molar-refractivity contribution in [2.75, 3.05) is 26.7 Å². The summed E-state index contributed by atoms with van der Waals surface area (Å²) in [5.74, 6) is 0.707. The lowest BCUT2D eigenvalue weighted by atomic mass is 9.94. The van der Waals surface area contributed by atoms with Crippen molar-refractivity contribution in [3.8, 4) is 0 Å². The molecule has 4 unspecified atom stereocenters. The highest BCUT2D eigenvalue weighted by atomic mass is 16.5. The molecule has 3 heteroatoms. The summed E-state index contributed by atoms with van der Waals surface area (Å²) in [5, 5.41) is 3.54. The van der Waals surface area contributed by atoms with Crippen LogP contribution in [0.4, 0.5) is 0 Å². The van der Waals surface area contributed by atoms with Crippen LogP contribution in [-0.4, -0.2) is 49.8 Å². The van der Waals surface area contributed by atoms with E-state index in [1.807, 2.05) is 7.11 Å². The van der Waals surface area contributed by atoms with Gasteiger partial charge in [0.05, 0.1) is 6.10 Å². The molecule has 4 atom stereocenters. The number of nitrogens with one attached hydrogen (secondary N) is 1. The average molecular weight is 256 g/mol. The minimum Gasteiger partial charge on any atom is -0.381 e. The quantitative estimate of drug-likeness (QED) is 0.708. The Morgan fingerprint density at radius 2 is 2.11 bits per heavy atom. The molecule has 0 aliphatic carbocycles. The van der Waals surface area contributed by atoms with E-state index in [4.69, 9.17) is 4.74 Å². The standard InChI is InChI=1S/C15H32N2O/c1-6-8-16-11-12(2)14(4)17-9-7-15(18-5)10-13(17)3/h12-16H,6-11H2,1-5H3. The van der Waals surface area contributed by atoms with Gasteiger partial charge in [-0.3, -0.25) is 4.90 Å². The summed E-state index contributed by atoms with van der Waals surface area (Å²) in [6, 6.07) is 1.30. The lowest BCUT2D eigenvalue weighted by molar-refractivity contribution is -0.00744. The number of piperidine rings is 1. The van der Waals surface area contributed by atoms with E-state index >= 15 is 0 Å². The van der Waals surface area contributed by atoms with Crippen molar-refractivity contribution in [3.63, 3.8) is 0 Å². The topological polar surface area (TPSA) is 24.5 Å². The van der Waals surface area contributed by atoms with Crippen molar-refractivity contribution in [2.24, 2.45) is 5.92 Å². The number of ether oxygens (including phenoxy) is 1. The van der Waals surface area contributed by atoms with Crippen LogP contribution in [0.2, 0.25) is 0 Å². The minimum absolute atomic E-state index is 0.469. The van der Waals surface area contributed by atoms with Crippen LogP contribution in [0.5, 0.6) is 0 Å². The zero-order chi connectivity index (χ0) is 13.5. The van der Waals surface area contributed by atoms with Crippen LogP contribution in [0.25, 0.3) is 0 Å². The lowest BCUT2D eigenvalue weighted by Crippen LogP contribution is -2.51. The molecule has 0 radical (unpaired) electrons. The summed E-state index contributed by atoms with van der Waals surface area (Å²) in [7, 11) is 1.84. The molecule has 0 spiro atoms. The van der Waals surface area contributed by atoms with Gasteiger partial charge in [-0.1, -0.05) is 13.8 Å². The summed E-state index contributed by atoms with van der Waals surface area (Å²) in [5.41, 5.74) is 0. The van der Waals surface area contributed by atoms with Gasteiger partial charge in [0, 0.05) is 25.7 Å². The van der Waals surface area contributed by atoms with Crippen molar-refractivity contribution in [3.05, 3.63) is 0 Å². The first-order chi connectivity index (χ1) is 8.60. The molecule has 0 amide bonds. The van der Waals surface area contributed by atoms with Crippen LogP contribution < -0.4 is 5.32 Å². The summed E-state index contributed by atoms with van der Waals surface area (Å²) in [6.45, 7) is 12.8. The summed E-state index contributed by atoms with van der Waals surface area (Å²) >= 11 is 0. The second-order valence-corrected chi connectivity index (χ2v) is 5.89. The molecular weight excluding hydrogens is 224 g/mol. The van der Waals surface area contributed by atoms with E-state index in [0.29, 0.717) is 24.1 Å². The summed E-state index contributed by atoms with van der Waals surface area (Å²) in [6.07, 6.45) is 4.05. The van der Waals surface area contributed by atoms with Gasteiger partial charge in [0.25, 0.3) is 0 Å². The number of methoxy groups -OCH3 is 1. The molecule has 0 saturated carbocycles. The molecule has 1 N–H and O–H groups in total. The molecule has 1 saturated heterocycles. The maximum Gasteiger partial charge on any atom is 0.0598 e. The summed E-state index contributed by atoms with van der Waals surface area (Å²) < 4.78 is 5.49. The fourth-order valence-corrected chi connectivity index (χ4v) is 2.97. The Bertz CT molecular complexity index is 223. The van der Waals surface area contributed by atoms with Crippen LogP contribution in [0.3, 0.4) is 0 Å². The zero-order valence-corrected chi connectivity index (χ0v) is 12.9. The second-order valence-electron chi connectivity index (χ2n) is 5.89. The Kier molecular flexibility index (Phi) is 7.20. The van der Waals surface area contributed by atoms with Gasteiger partial charge in [0.1, 0.15) is 0 Å². The number of hydrogen-bond donors (Lipinski definition) is 1. The Morgan fingerprint density at radius 1 is 1.39 bits per heavy atom. The maximum absolute atomic E-state index is 5.49. The van der Waals surface area contributed by atoms with Gasteiger partial charge < -0.3 is 10.1 Å². The molecule has 1 rings (SSSR count). The monoisotopic (exact) mass is 256 g/mol. The number of likely N-dealkylation sites (tertiary alicyclic amines) is 1. The van der Waals surface area contributed by atoms with Gasteiger partial charge in [-0.2, -0.15) is 0 Å². The smallest absolute Gasteiger partial charge is 0.0598 e. The fraction of sp³-hybridized carbons (Fsp3) is 1.00. The van der Waals surface area contributed by atoms with Gasteiger partial charge in [-0.05, 0) is 52.1 Å². The van der Waals surface area contributed by atoms with Gasteiger partial charge >= 0.3 is 0 Å². The van der Waals surface area contributed by atoms with E-state index in [2.05, 4.69) is 37.9 Å². The van der Waals surface area contributed by atoms with Crippen LogP contribution >= 0.6 is 0 Å². The van der Waals surface area contributed by atoms with E-state index in [1.54, 1.807) is 0 Å². The van der Waals surface area contributed by atoms with E-state index in [1.165, 1.54) is 25.8 Å². The summed E-state index contributed by atoms with van der Waals surface area (Å²) in [4.78, 5) is 2.66. The molecule has 0 aromatic rings. The Hall–Kier alpha value is -0.120. The molecule has 1 fully saturated rings. The second kappa shape index (κ2) is 8.13. The van der Waals surface area contributed by atoms with Crippen LogP contribution in [0.1, 0.15) is 47.0 Å². The Balaban J connectivity index is 2.38. The van der Waals surface area contributed by atoms with E-state index < -0.39 is 0 Å². The number of hydrogen-bond acceptors (Lipinski definition) is 3. The first-order valence-electron chi connectivity index (χ1n) is 7.59. The molecule has 1 aliphatic heterocycles. The van der Waals surface area contributed by atoms with Crippen LogP contribution in [0.15, 0.2) is 0 Å². The highest BCUT2D eigenvalue weighted by Crippen LogP contribution is 2.24. The molecule has 3 nitrogen and oxygen atoms in total. The largest absolute Gasteiger partial charge is 0.381 e. The maximum atomic E-state index is 5.49. The highest BCUT2D eigenvalue weighted by Gasteiger charge is 2.30. The lowest BCUT2D eigenvalue weighted by Gasteiger charge is -2.43. The number of nitrogens with zero attached hydrogens (tertiary/aromatic N) is 1. The van der Waals surface area contributed by atoms with Gasteiger partial charge in [-0.25, -0.2) is 0 Å². The Labute approximate surface area is 113 Å². The van der Waals surface area contributed by atoms with Crippen molar-refractivity contribution in [1.29, 1.82) is 0 Å². The fourth-order valence-electron chi connectivity index (χ4n) is 2.97. The average Bonchev–Trinajstić information content (AvgIpc) is 2.38. The van der Waals surface area contributed by atoms with Gasteiger partial charge in [0.2, 0.25) is 0 Å². The SMILES string of the molecule is CCCNCC(C)C(C)N1CCC(OC)CC1C. The predicted molar refractivity (Wildman–Crippen MR) is 78.0 cm³/mol. The molecule has 1 heterocycles. The third kappa shape index (κ3) is 4.52. The molecule has 108 valence electrons. The molecule has 1 aliphatic rings. The molecule has 0 aromatic carbocycles. The van der Waals surface area contributed by atoms with Gasteiger partial charge in [0.15, 0.2) is 0 Å². The minimum atomic E-state index is 0.469. The zero-order valence-electron chi connectivity index (χ0n) is 12.9. The molecular formula is C15H32N2O. The van der Waals surface area contributed by atoms with Crippen LogP contribution in [-0.2, 0) is 4.74 Å². The van der Waals surface area contributed by atoms with Crippen molar-refractivity contribution < 1.29 is 4.74 Å². The predicted octanol–water partition coefficient (Wildman–Crippen LogP) is 2.51. The van der Waals surface area contributed by atoms with E-state index in [-0.39, 0.29) is 0 Å². The van der Waals surface area contributed by atoms with Crippen molar-refractivity contribution >= 4 is 0 Å². The Morgan fingerprint density at radius 3 is 2.67 bits per heavy atom. The third-order valence-electron chi connectivity index (χ3n) is 4.45.